The first-order valence-electron chi connectivity index (χ1n) is 3.65. The first-order valence-corrected chi connectivity index (χ1v) is 3.65. The maximum absolute atomic E-state index is 10.8. The van der Waals surface area contributed by atoms with Gasteiger partial charge in [-0.25, -0.2) is 0 Å². The van der Waals surface area contributed by atoms with Gasteiger partial charge in [-0.15, -0.1) is 0 Å². The Bertz CT molecular complexity index is 154. The summed E-state index contributed by atoms with van der Waals surface area (Å²) in [4.78, 5) is 15.8. The molecule has 0 aliphatic rings. The highest BCUT2D eigenvalue weighted by Gasteiger charge is 2.11. The van der Waals surface area contributed by atoms with Crippen molar-refractivity contribution in [2.75, 3.05) is 0 Å². The average Bonchev–Trinajstić information content (AvgIpc) is 1.87. The van der Waals surface area contributed by atoms with E-state index in [4.69, 9.17) is 4.84 Å². The molecular weight excluding hydrogens is 142 g/mol. The van der Waals surface area contributed by atoms with E-state index in [1.54, 1.807) is 6.92 Å². The maximum atomic E-state index is 10.8. The van der Waals surface area contributed by atoms with Crippen LogP contribution in [0.25, 0.3) is 0 Å². The fourth-order valence-corrected chi connectivity index (χ4v) is 0.625. The molecule has 0 aromatic carbocycles. The number of ketones is 1. The molecule has 0 aromatic heterocycles. The Morgan fingerprint density at radius 2 is 2.18 bits per heavy atom. The number of hydroxylamine groups is 1. The van der Waals surface area contributed by atoms with Gasteiger partial charge in [0, 0.05) is 5.70 Å². The fraction of sp³-hybridized carbons (Fsp3) is 0.625. The highest BCUT2D eigenvalue weighted by atomic mass is 16.7. The largest absolute Gasteiger partial charge is 0.297 e. The van der Waals surface area contributed by atoms with Crippen molar-refractivity contribution in [2.45, 2.75) is 33.3 Å². The van der Waals surface area contributed by atoms with E-state index in [2.05, 4.69) is 12.1 Å². The molecule has 0 aromatic rings. The number of carbonyl (C=O) groups is 1. The molecule has 11 heavy (non-hydrogen) atoms. The molecule has 1 unspecified atom stereocenters. The van der Waals surface area contributed by atoms with E-state index in [9.17, 15) is 4.79 Å². The van der Waals surface area contributed by atoms with Crippen molar-refractivity contribution in [3.05, 3.63) is 12.3 Å². The van der Waals surface area contributed by atoms with Crippen LogP contribution in [0, 0.1) is 0 Å². The molecule has 0 aliphatic carbocycles. The Balaban J connectivity index is 3.70. The van der Waals surface area contributed by atoms with Gasteiger partial charge >= 0.3 is 0 Å². The molecule has 0 bridgehead atoms. The second-order valence-electron chi connectivity index (χ2n) is 2.51. The van der Waals surface area contributed by atoms with E-state index in [-0.39, 0.29) is 11.9 Å². The third-order valence-electron chi connectivity index (χ3n) is 1.20. The minimum atomic E-state index is -0.355. The van der Waals surface area contributed by atoms with Gasteiger partial charge in [-0.05, 0) is 20.3 Å². The summed E-state index contributed by atoms with van der Waals surface area (Å²) in [6, 6.07) is 0. The van der Waals surface area contributed by atoms with Gasteiger partial charge < -0.3 is 0 Å². The first kappa shape index (κ1) is 10.2. The van der Waals surface area contributed by atoms with Crippen LogP contribution in [0.4, 0.5) is 0 Å². The van der Waals surface area contributed by atoms with Crippen molar-refractivity contribution >= 4 is 5.78 Å². The van der Waals surface area contributed by atoms with Gasteiger partial charge in [0.25, 0.3) is 0 Å². The molecule has 0 aliphatic heterocycles. The van der Waals surface area contributed by atoms with E-state index in [1.165, 1.54) is 6.92 Å². The molecule has 0 fully saturated rings. The van der Waals surface area contributed by atoms with Crippen LogP contribution in [-0.4, -0.2) is 11.9 Å². The Morgan fingerprint density at radius 3 is 2.45 bits per heavy atom. The van der Waals surface area contributed by atoms with Crippen molar-refractivity contribution in [1.29, 1.82) is 0 Å². The van der Waals surface area contributed by atoms with Crippen LogP contribution in [0.5, 0.6) is 0 Å². The summed E-state index contributed by atoms with van der Waals surface area (Å²) in [6.07, 6.45) is 0.321. The molecular formula is C8H15NO2. The van der Waals surface area contributed by atoms with Crippen molar-refractivity contribution in [3.63, 3.8) is 0 Å². The highest BCUT2D eigenvalue weighted by Crippen LogP contribution is 1.97. The minimum Gasteiger partial charge on any atom is -0.297 e. The van der Waals surface area contributed by atoms with Gasteiger partial charge in [0.05, 0.1) is 0 Å². The van der Waals surface area contributed by atoms with Crippen molar-refractivity contribution < 1.29 is 9.63 Å². The number of Topliss-reactive ketones (excluding diaryl/α,β-unsaturated/α-hetero) is 1. The standard InChI is InChI=1S/C8H15NO2/c1-5-8(7(4)10)11-9-6(2)3/h8-9H,2,5H2,1,3-4H3. The second kappa shape index (κ2) is 4.91. The molecule has 0 saturated heterocycles. The molecule has 0 saturated carbocycles. The Morgan fingerprint density at radius 1 is 1.64 bits per heavy atom. The zero-order valence-corrected chi connectivity index (χ0v) is 7.31. The van der Waals surface area contributed by atoms with Crippen LogP contribution in [0.1, 0.15) is 27.2 Å². The number of carbonyl (C=O) groups excluding carboxylic acids is 1. The van der Waals surface area contributed by atoms with Crippen molar-refractivity contribution in [3.8, 4) is 0 Å². The third-order valence-corrected chi connectivity index (χ3v) is 1.20. The third kappa shape index (κ3) is 4.56. The van der Waals surface area contributed by atoms with Gasteiger partial charge in [-0.2, -0.15) is 0 Å². The predicted octanol–water partition coefficient (Wildman–Crippen LogP) is 1.41. The van der Waals surface area contributed by atoms with Crippen LogP contribution in [0.3, 0.4) is 0 Å². The normalized spacial score (nSPS) is 12.3. The van der Waals surface area contributed by atoms with Gasteiger partial charge in [0.1, 0.15) is 6.10 Å². The lowest BCUT2D eigenvalue weighted by Crippen LogP contribution is -2.27. The quantitative estimate of drug-likeness (QED) is 0.613. The van der Waals surface area contributed by atoms with Gasteiger partial charge in [0.15, 0.2) is 5.78 Å². The Labute approximate surface area is 67.4 Å². The highest BCUT2D eigenvalue weighted by molar-refractivity contribution is 5.80. The van der Waals surface area contributed by atoms with Crippen LogP contribution < -0.4 is 5.48 Å². The molecule has 3 heteroatoms. The van der Waals surface area contributed by atoms with Crippen LogP contribution >= 0.6 is 0 Å². The summed E-state index contributed by atoms with van der Waals surface area (Å²) in [5, 5.41) is 0. The van der Waals surface area contributed by atoms with E-state index < -0.39 is 0 Å². The Kier molecular flexibility index (Phi) is 4.54. The van der Waals surface area contributed by atoms with E-state index in [1.807, 2.05) is 6.92 Å². The molecule has 0 spiro atoms. The number of hydrogen-bond donors (Lipinski definition) is 1. The zero-order valence-electron chi connectivity index (χ0n) is 7.31. The van der Waals surface area contributed by atoms with E-state index in [0.29, 0.717) is 12.1 Å². The van der Waals surface area contributed by atoms with Gasteiger partial charge in [-0.3, -0.25) is 15.1 Å². The van der Waals surface area contributed by atoms with Crippen LogP contribution in [-0.2, 0) is 9.63 Å². The summed E-state index contributed by atoms with van der Waals surface area (Å²) < 4.78 is 0. The molecule has 0 heterocycles. The molecule has 1 N–H and O–H groups in total. The first-order chi connectivity index (χ1) is 5.07. The minimum absolute atomic E-state index is 0.0289. The maximum Gasteiger partial charge on any atom is 0.161 e. The SMILES string of the molecule is C=C(C)NOC(CC)C(C)=O. The lowest BCUT2D eigenvalue weighted by atomic mass is 10.2. The van der Waals surface area contributed by atoms with Gasteiger partial charge in [-0.1, -0.05) is 13.5 Å². The summed E-state index contributed by atoms with van der Waals surface area (Å²) in [5.74, 6) is 0.0289. The molecule has 0 amide bonds. The summed E-state index contributed by atoms with van der Waals surface area (Å²) in [7, 11) is 0. The van der Waals surface area contributed by atoms with Crippen molar-refractivity contribution in [1.82, 2.24) is 5.48 Å². The molecule has 0 rings (SSSR count). The van der Waals surface area contributed by atoms with E-state index >= 15 is 0 Å². The van der Waals surface area contributed by atoms with Crippen molar-refractivity contribution in [2.24, 2.45) is 0 Å². The summed E-state index contributed by atoms with van der Waals surface area (Å²) in [6.45, 7) is 8.75. The smallest absolute Gasteiger partial charge is 0.161 e. The summed E-state index contributed by atoms with van der Waals surface area (Å²) in [5.41, 5.74) is 3.26. The average molecular weight is 157 g/mol. The predicted molar refractivity (Wildman–Crippen MR) is 43.8 cm³/mol. The number of nitrogens with one attached hydrogen (secondary N) is 1. The zero-order chi connectivity index (χ0) is 8.85. The molecule has 0 radical (unpaired) electrons. The lowest BCUT2D eigenvalue weighted by molar-refractivity contribution is -0.132. The topological polar surface area (TPSA) is 38.3 Å². The molecule has 1 atom stereocenters. The van der Waals surface area contributed by atoms with E-state index in [0.717, 1.165) is 0 Å². The number of hydrogen-bond acceptors (Lipinski definition) is 3. The lowest BCUT2D eigenvalue weighted by Gasteiger charge is -2.12. The van der Waals surface area contributed by atoms with Gasteiger partial charge in [0.2, 0.25) is 0 Å². The molecule has 3 nitrogen and oxygen atoms in total. The van der Waals surface area contributed by atoms with Crippen LogP contribution in [0.2, 0.25) is 0 Å². The monoisotopic (exact) mass is 157 g/mol. The number of allylic oxidation sites excluding steroid dienone is 1. The number of rotatable bonds is 5. The molecule has 64 valence electrons. The fourth-order valence-electron chi connectivity index (χ4n) is 0.625. The Hall–Kier alpha value is -0.830. The second-order valence-corrected chi connectivity index (χ2v) is 2.51. The van der Waals surface area contributed by atoms with Crippen LogP contribution in [0.15, 0.2) is 12.3 Å². The summed E-state index contributed by atoms with van der Waals surface area (Å²) >= 11 is 0.